The van der Waals surface area contributed by atoms with Crippen LogP contribution in [0.1, 0.15) is 38.3 Å². The predicted octanol–water partition coefficient (Wildman–Crippen LogP) is 4.14. The second-order valence-electron chi connectivity index (χ2n) is 6.81. The van der Waals surface area contributed by atoms with Crippen LogP contribution in [-0.4, -0.2) is 41.5 Å². The molecule has 0 atom stereocenters. The summed E-state index contributed by atoms with van der Waals surface area (Å²) in [6, 6.07) is 2.97. The van der Waals surface area contributed by atoms with Gasteiger partial charge in [-0.2, -0.15) is 0 Å². The van der Waals surface area contributed by atoms with Crippen LogP contribution in [0.15, 0.2) is 17.0 Å². The molecule has 0 spiro atoms. The molecule has 0 bridgehead atoms. The number of sulfonamides is 1. The molecule has 2 rings (SSSR count). The molecular formula is C17H22Cl2N4O3S2. The van der Waals surface area contributed by atoms with Crippen LogP contribution in [0.25, 0.3) is 0 Å². The van der Waals surface area contributed by atoms with Gasteiger partial charge in [0.1, 0.15) is 9.90 Å². The first-order valence-electron chi connectivity index (χ1n) is 8.54. The Morgan fingerprint density at radius 2 is 1.79 bits per heavy atom. The molecule has 1 amide bonds. The molecule has 0 saturated heterocycles. The van der Waals surface area contributed by atoms with Crippen molar-refractivity contribution in [3.05, 3.63) is 32.7 Å². The first kappa shape index (κ1) is 22.9. The van der Waals surface area contributed by atoms with Crippen LogP contribution in [0.4, 0.5) is 5.13 Å². The molecule has 1 heterocycles. The van der Waals surface area contributed by atoms with E-state index in [9.17, 15) is 13.2 Å². The zero-order valence-electron chi connectivity index (χ0n) is 16.2. The lowest BCUT2D eigenvalue weighted by Gasteiger charge is -2.30. The van der Waals surface area contributed by atoms with Crippen molar-refractivity contribution in [3.63, 3.8) is 0 Å². The van der Waals surface area contributed by atoms with Gasteiger partial charge in [0.2, 0.25) is 11.0 Å². The van der Waals surface area contributed by atoms with Crippen molar-refractivity contribution in [1.82, 2.24) is 15.1 Å². The highest BCUT2D eigenvalue weighted by molar-refractivity contribution is 7.93. The van der Waals surface area contributed by atoms with E-state index in [0.717, 1.165) is 11.3 Å². The summed E-state index contributed by atoms with van der Waals surface area (Å²) < 4.78 is 27.8. The number of amides is 1. The molecule has 2 aromatic rings. The summed E-state index contributed by atoms with van der Waals surface area (Å²) in [4.78, 5) is 14.2. The summed E-state index contributed by atoms with van der Waals surface area (Å²) in [5, 5.41) is 8.63. The van der Waals surface area contributed by atoms with E-state index in [1.807, 2.05) is 27.7 Å². The number of carbonyl (C=O) groups excluding carboxylic acids is 1. The van der Waals surface area contributed by atoms with Gasteiger partial charge in [-0.25, -0.2) is 8.42 Å². The third-order valence-corrected chi connectivity index (χ3v) is 6.99. The fraction of sp³-hybridized carbons (Fsp3) is 0.471. The molecule has 0 aliphatic heterocycles. The first-order chi connectivity index (χ1) is 12.9. The molecule has 7 nitrogen and oxygen atoms in total. The number of anilines is 1. The fourth-order valence-electron chi connectivity index (χ4n) is 2.95. The first-order valence-corrected chi connectivity index (χ1v) is 11.6. The zero-order chi connectivity index (χ0) is 21.2. The third-order valence-electron chi connectivity index (χ3n) is 3.85. The van der Waals surface area contributed by atoms with Crippen LogP contribution in [0.2, 0.25) is 10.0 Å². The highest BCUT2D eigenvalue weighted by atomic mass is 35.5. The Bertz CT molecular complexity index is 944. The molecule has 1 aromatic heterocycles. The molecule has 28 heavy (non-hydrogen) atoms. The quantitative estimate of drug-likeness (QED) is 0.664. The lowest BCUT2D eigenvalue weighted by Crippen LogP contribution is -2.42. The number of hydrogen-bond acceptors (Lipinski definition) is 6. The summed E-state index contributed by atoms with van der Waals surface area (Å²) in [5.41, 5.74) is 0.412. The SMILES string of the molecule is Cc1cc(Cl)cc(Cl)c1S(=O)(=O)Nc1nnc(CC(=O)N(C(C)C)C(C)C)s1. The Labute approximate surface area is 179 Å². The van der Waals surface area contributed by atoms with Gasteiger partial charge in [-0.05, 0) is 52.3 Å². The van der Waals surface area contributed by atoms with Crippen molar-refractivity contribution in [2.45, 2.75) is 58.0 Å². The van der Waals surface area contributed by atoms with Crippen molar-refractivity contribution >= 4 is 55.6 Å². The number of carbonyl (C=O) groups is 1. The Kier molecular flexibility index (Phi) is 7.30. The zero-order valence-corrected chi connectivity index (χ0v) is 19.3. The van der Waals surface area contributed by atoms with Gasteiger partial charge in [-0.3, -0.25) is 9.52 Å². The molecule has 0 fully saturated rings. The smallest absolute Gasteiger partial charge is 0.265 e. The van der Waals surface area contributed by atoms with E-state index < -0.39 is 10.0 Å². The maximum absolute atomic E-state index is 12.7. The molecule has 0 aliphatic carbocycles. The summed E-state index contributed by atoms with van der Waals surface area (Å²) in [6.07, 6.45) is 0.0521. The molecule has 0 radical (unpaired) electrons. The maximum Gasteiger partial charge on any atom is 0.265 e. The lowest BCUT2D eigenvalue weighted by molar-refractivity contribution is -0.134. The summed E-state index contributed by atoms with van der Waals surface area (Å²) >= 11 is 13.0. The Balaban J connectivity index is 2.20. The Morgan fingerprint density at radius 3 is 2.32 bits per heavy atom. The van der Waals surface area contributed by atoms with Crippen LogP contribution in [0.5, 0.6) is 0 Å². The van der Waals surface area contributed by atoms with Crippen LogP contribution >= 0.6 is 34.5 Å². The average molecular weight is 465 g/mol. The van der Waals surface area contributed by atoms with Gasteiger partial charge in [0.15, 0.2) is 0 Å². The van der Waals surface area contributed by atoms with Crippen molar-refractivity contribution in [2.75, 3.05) is 4.72 Å². The lowest BCUT2D eigenvalue weighted by atomic mass is 10.2. The highest BCUT2D eigenvalue weighted by Crippen LogP contribution is 2.31. The van der Waals surface area contributed by atoms with E-state index in [-0.39, 0.29) is 39.5 Å². The molecule has 1 aromatic carbocycles. The number of aryl methyl sites for hydroxylation is 1. The van der Waals surface area contributed by atoms with Crippen LogP contribution in [0.3, 0.4) is 0 Å². The van der Waals surface area contributed by atoms with Gasteiger partial charge in [0, 0.05) is 17.1 Å². The molecule has 0 saturated carbocycles. The minimum atomic E-state index is -3.98. The Hall–Kier alpha value is -1.42. The highest BCUT2D eigenvalue weighted by Gasteiger charge is 2.25. The van der Waals surface area contributed by atoms with Gasteiger partial charge < -0.3 is 4.90 Å². The number of rotatable bonds is 7. The normalized spacial score (nSPS) is 11.9. The van der Waals surface area contributed by atoms with Crippen LogP contribution in [-0.2, 0) is 21.2 Å². The minimum absolute atomic E-state index is 0.0157. The van der Waals surface area contributed by atoms with Crippen LogP contribution in [0, 0.1) is 6.92 Å². The standard InChI is InChI=1S/C17H22Cl2N4O3S2/c1-9(2)23(10(3)4)15(24)8-14-20-21-17(27-14)22-28(25,26)16-11(5)6-12(18)7-13(16)19/h6-7,9-10H,8H2,1-5H3,(H,21,22). The largest absolute Gasteiger partial charge is 0.337 e. The second kappa shape index (κ2) is 8.94. The molecular weight excluding hydrogens is 443 g/mol. The third kappa shape index (κ3) is 5.34. The maximum atomic E-state index is 12.7. The van der Waals surface area contributed by atoms with Gasteiger partial charge in [0.25, 0.3) is 10.0 Å². The van der Waals surface area contributed by atoms with Gasteiger partial charge in [-0.1, -0.05) is 34.5 Å². The number of nitrogens with one attached hydrogen (secondary N) is 1. The fourth-order valence-corrected chi connectivity index (χ4v) is 6.10. The van der Waals surface area contributed by atoms with Crippen LogP contribution < -0.4 is 4.72 Å². The molecule has 0 unspecified atom stereocenters. The van der Waals surface area contributed by atoms with Gasteiger partial charge in [-0.15, -0.1) is 10.2 Å². The molecule has 1 N–H and O–H groups in total. The average Bonchev–Trinajstić information content (AvgIpc) is 2.90. The van der Waals surface area contributed by atoms with Gasteiger partial charge in [0.05, 0.1) is 11.4 Å². The summed E-state index contributed by atoms with van der Waals surface area (Å²) in [6.45, 7) is 9.36. The predicted molar refractivity (Wildman–Crippen MR) is 113 cm³/mol. The van der Waals surface area contributed by atoms with Crippen molar-refractivity contribution in [1.29, 1.82) is 0 Å². The van der Waals surface area contributed by atoms with Crippen molar-refractivity contribution in [3.8, 4) is 0 Å². The van der Waals surface area contributed by atoms with E-state index in [0.29, 0.717) is 15.6 Å². The number of benzene rings is 1. The van der Waals surface area contributed by atoms with E-state index in [1.54, 1.807) is 11.8 Å². The Morgan fingerprint density at radius 1 is 1.18 bits per heavy atom. The van der Waals surface area contributed by atoms with Crippen molar-refractivity contribution in [2.24, 2.45) is 0 Å². The second-order valence-corrected chi connectivity index (χ2v) is 10.3. The number of nitrogens with zero attached hydrogens (tertiary/aromatic N) is 3. The molecule has 11 heteroatoms. The summed E-state index contributed by atoms with van der Waals surface area (Å²) in [7, 11) is -3.98. The number of halogens is 2. The summed E-state index contributed by atoms with van der Waals surface area (Å²) in [5.74, 6) is -0.0906. The minimum Gasteiger partial charge on any atom is -0.337 e. The topological polar surface area (TPSA) is 92.3 Å². The van der Waals surface area contributed by atoms with E-state index in [1.165, 1.54) is 12.1 Å². The number of hydrogen-bond donors (Lipinski definition) is 1. The van der Waals surface area contributed by atoms with E-state index in [4.69, 9.17) is 23.2 Å². The van der Waals surface area contributed by atoms with E-state index in [2.05, 4.69) is 14.9 Å². The van der Waals surface area contributed by atoms with Crippen molar-refractivity contribution < 1.29 is 13.2 Å². The monoisotopic (exact) mass is 464 g/mol. The van der Waals surface area contributed by atoms with E-state index >= 15 is 0 Å². The molecule has 0 aliphatic rings. The van der Waals surface area contributed by atoms with Gasteiger partial charge >= 0.3 is 0 Å². The number of aromatic nitrogens is 2. The molecule has 154 valence electrons.